The van der Waals surface area contributed by atoms with Gasteiger partial charge in [-0.25, -0.2) is 0 Å². The molecule has 0 fully saturated rings. The van der Waals surface area contributed by atoms with Crippen molar-refractivity contribution in [3.05, 3.63) is 0 Å². The maximum Gasteiger partial charge on any atom is 0.0789 e. The Hall–Kier alpha value is -0.0800. The van der Waals surface area contributed by atoms with Crippen LogP contribution in [-0.2, 0) is 0 Å². The first-order valence-electron chi connectivity index (χ1n) is 9.16. The van der Waals surface area contributed by atoms with E-state index in [2.05, 4.69) is 48.5 Å². The average Bonchev–Trinajstić information content (AvgIpc) is 2.36. The first-order chi connectivity index (χ1) is 9.31. The summed E-state index contributed by atoms with van der Waals surface area (Å²) < 4.78 is 1.39. The molecule has 0 aliphatic heterocycles. The van der Waals surface area contributed by atoms with Gasteiger partial charge in [-0.2, -0.15) is 0 Å². The summed E-state index contributed by atoms with van der Waals surface area (Å²) >= 11 is 0. The lowest BCUT2D eigenvalue weighted by Gasteiger charge is -2.40. The zero-order chi connectivity index (χ0) is 15.6. The SMILES string of the molecule is CCCC[N+](CCC(C)C)(CCC(C)C)CCC(C)C.[OH-]. The molecule has 0 amide bonds. The largest absolute Gasteiger partial charge is 0.870 e. The Labute approximate surface area is 135 Å². The molecule has 130 valence electrons. The molecule has 1 N–H and O–H groups in total. The summed E-state index contributed by atoms with van der Waals surface area (Å²) in [6.07, 6.45) is 6.90. The molecule has 2 nitrogen and oxygen atoms in total. The number of rotatable bonds is 12. The summed E-state index contributed by atoms with van der Waals surface area (Å²) in [6, 6.07) is 0. The van der Waals surface area contributed by atoms with Crippen molar-refractivity contribution in [3.8, 4) is 0 Å². The Kier molecular flexibility index (Phi) is 13.8. The van der Waals surface area contributed by atoms with Gasteiger partial charge in [0.25, 0.3) is 0 Å². The van der Waals surface area contributed by atoms with Crippen molar-refractivity contribution in [2.45, 2.75) is 80.6 Å². The van der Waals surface area contributed by atoms with Crippen molar-refractivity contribution in [2.24, 2.45) is 17.8 Å². The highest BCUT2D eigenvalue weighted by Gasteiger charge is 2.27. The molecule has 0 heterocycles. The topological polar surface area (TPSA) is 30.0 Å². The van der Waals surface area contributed by atoms with Gasteiger partial charge < -0.3 is 9.96 Å². The molecule has 0 aromatic rings. The van der Waals surface area contributed by atoms with Crippen LogP contribution in [0, 0.1) is 17.8 Å². The molecule has 0 radical (unpaired) electrons. The van der Waals surface area contributed by atoms with Gasteiger partial charge in [0.05, 0.1) is 26.2 Å². The molecule has 0 aliphatic rings. The van der Waals surface area contributed by atoms with Crippen LogP contribution in [0.3, 0.4) is 0 Å². The van der Waals surface area contributed by atoms with Crippen molar-refractivity contribution in [1.82, 2.24) is 0 Å². The van der Waals surface area contributed by atoms with Gasteiger partial charge in [-0.05, 0) is 43.4 Å². The van der Waals surface area contributed by atoms with E-state index in [1.165, 1.54) is 62.8 Å². The quantitative estimate of drug-likeness (QED) is 0.434. The summed E-state index contributed by atoms with van der Waals surface area (Å²) in [6.45, 7) is 22.2. The van der Waals surface area contributed by atoms with Gasteiger partial charge in [-0.1, -0.05) is 54.9 Å². The summed E-state index contributed by atoms with van der Waals surface area (Å²) in [5.74, 6) is 2.52. The molecule has 0 bridgehead atoms. The van der Waals surface area contributed by atoms with Gasteiger partial charge in [0.15, 0.2) is 0 Å². The predicted octanol–water partition coefficient (Wildman–Crippen LogP) is 5.56. The van der Waals surface area contributed by atoms with Crippen LogP contribution in [0.4, 0.5) is 0 Å². The molecular weight excluding hydrogens is 258 g/mol. The first-order valence-corrected chi connectivity index (χ1v) is 9.16. The van der Waals surface area contributed by atoms with Crippen LogP contribution in [0.1, 0.15) is 80.6 Å². The lowest BCUT2D eigenvalue weighted by Crippen LogP contribution is -2.51. The maximum absolute atomic E-state index is 2.37. The van der Waals surface area contributed by atoms with Crippen LogP contribution in [0.15, 0.2) is 0 Å². The van der Waals surface area contributed by atoms with Crippen LogP contribution < -0.4 is 0 Å². The molecule has 0 atom stereocenters. The third-order valence-electron chi connectivity index (χ3n) is 4.53. The van der Waals surface area contributed by atoms with E-state index in [1.807, 2.05) is 0 Å². The normalized spacial score (nSPS) is 12.3. The minimum absolute atomic E-state index is 0. The molecule has 2 heteroatoms. The maximum atomic E-state index is 2.37. The Bertz CT molecular complexity index is 192. The molecule has 0 saturated heterocycles. The highest BCUT2D eigenvalue weighted by atomic mass is 16.0. The van der Waals surface area contributed by atoms with Gasteiger partial charge in [-0.3, -0.25) is 0 Å². The number of nitrogens with zero attached hydrogens (tertiary/aromatic N) is 1. The van der Waals surface area contributed by atoms with Crippen LogP contribution in [0.5, 0.6) is 0 Å². The molecule has 0 aliphatic carbocycles. The Morgan fingerprint density at radius 1 is 0.619 bits per heavy atom. The van der Waals surface area contributed by atoms with E-state index in [1.54, 1.807) is 0 Å². The minimum atomic E-state index is 0. The van der Waals surface area contributed by atoms with E-state index in [0.717, 1.165) is 17.8 Å². The van der Waals surface area contributed by atoms with E-state index in [0.29, 0.717) is 0 Å². The van der Waals surface area contributed by atoms with Crippen LogP contribution in [0.25, 0.3) is 0 Å². The fourth-order valence-corrected chi connectivity index (χ4v) is 2.76. The highest BCUT2D eigenvalue weighted by molar-refractivity contribution is 4.55. The van der Waals surface area contributed by atoms with Crippen LogP contribution in [-0.4, -0.2) is 36.1 Å². The standard InChI is InChI=1S/C19H42N.H2O/c1-8-9-13-20(14-10-17(2)3,15-11-18(4)5)16-12-19(6)7;/h17-19H,8-16H2,1-7H3;1H2/q+1;/p-1. The average molecular weight is 302 g/mol. The second-order valence-corrected chi connectivity index (χ2v) is 8.14. The third kappa shape index (κ3) is 12.2. The molecule has 0 aromatic heterocycles. The van der Waals surface area contributed by atoms with Crippen molar-refractivity contribution >= 4 is 0 Å². The molecule has 0 spiro atoms. The van der Waals surface area contributed by atoms with Crippen molar-refractivity contribution < 1.29 is 9.96 Å². The Morgan fingerprint density at radius 3 is 1.19 bits per heavy atom. The molecule has 0 saturated carbocycles. The van der Waals surface area contributed by atoms with Crippen LogP contribution in [0.2, 0.25) is 0 Å². The van der Waals surface area contributed by atoms with Gasteiger partial charge in [0.1, 0.15) is 0 Å². The summed E-state index contributed by atoms with van der Waals surface area (Å²) in [5.41, 5.74) is 0. The number of hydrogen-bond acceptors (Lipinski definition) is 1. The monoisotopic (exact) mass is 301 g/mol. The van der Waals surface area contributed by atoms with Crippen molar-refractivity contribution in [3.63, 3.8) is 0 Å². The third-order valence-corrected chi connectivity index (χ3v) is 4.53. The summed E-state index contributed by atoms with van der Waals surface area (Å²) in [7, 11) is 0. The molecule has 0 unspecified atom stereocenters. The van der Waals surface area contributed by atoms with E-state index >= 15 is 0 Å². The van der Waals surface area contributed by atoms with E-state index in [-0.39, 0.29) is 5.48 Å². The van der Waals surface area contributed by atoms with Gasteiger partial charge in [-0.15, -0.1) is 0 Å². The smallest absolute Gasteiger partial charge is 0.0789 e. The molecule has 0 rings (SSSR count). The fourth-order valence-electron chi connectivity index (χ4n) is 2.76. The predicted molar refractivity (Wildman–Crippen MR) is 94.9 cm³/mol. The summed E-state index contributed by atoms with van der Waals surface area (Å²) in [4.78, 5) is 0. The Morgan fingerprint density at radius 2 is 0.952 bits per heavy atom. The lowest BCUT2D eigenvalue weighted by molar-refractivity contribution is -0.929. The van der Waals surface area contributed by atoms with Crippen LogP contribution >= 0.6 is 0 Å². The number of unbranched alkanes of at least 4 members (excludes halogenated alkanes) is 1. The van der Waals surface area contributed by atoms with Crippen molar-refractivity contribution in [1.29, 1.82) is 0 Å². The zero-order valence-corrected chi connectivity index (χ0v) is 16.0. The van der Waals surface area contributed by atoms with Gasteiger partial charge in [0.2, 0.25) is 0 Å². The van der Waals surface area contributed by atoms with Crippen molar-refractivity contribution in [2.75, 3.05) is 26.2 Å². The lowest BCUT2D eigenvalue weighted by atomic mass is 10.0. The number of quaternary nitrogens is 1. The minimum Gasteiger partial charge on any atom is -0.870 e. The molecular formula is C19H43NO. The van der Waals surface area contributed by atoms with Gasteiger partial charge >= 0.3 is 0 Å². The van der Waals surface area contributed by atoms with E-state index in [4.69, 9.17) is 0 Å². The first kappa shape index (κ1) is 23.2. The molecule has 0 aromatic carbocycles. The highest BCUT2D eigenvalue weighted by Crippen LogP contribution is 2.20. The number of hydrogen-bond donors (Lipinski definition) is 0. The zero-order valence-electron chi connectivity index (χ0n) is 16.0. The van der Waals surface area contributed by atoms with E-state index in [9.17, 15) is 0 Å². The fraction of sp³-hybridized carbons (Fsp3) is 1.00. The second-order valence-electron chi connectivity index (χ2n) is 8.14. The second kappa shape index (κ2) is 12.5. The van der Waals surface area contributed by atoms with Gasteiger partial charge in [0, 0.05) is 0 Å². The summed E-state index contributed by atoms with van der Waals surface area (Å²) in [5, 5.41) is 0. The molecule has 21 heavy (non-hydrogen) atoms. The Balaban J connectivity index is 0. The van der Waals surface area contributed by atoms with E-state index < -0.39 is 0 Å².